The Labute approximate surface area is 127 Å². The molecule has 4 heteroatoms. The number of aliphatic hydroxyl groups excluding tert-OH is 1. The van der Waals surface area contributed by atoms with E-state index in [0.717, 1.165) is 19.5 Å². The third kappa shape index (κ3) is 5.14. The number of amides is 1. The van der Waals surface area contributed by atoms with Gasteiger partial charge in [-0.3, -0.25) is 9.69 Å². The van der Waals surface area contributed by atoms with Gasteiger partial charge in [-0.25, -0.2) is 0 Å². The Bertz CT molecular complexity index is 436. The molecule has 116 valence electrons. The SMILES string of the molecule is CC1CCCN(C(=O)CN(CCO)Cc2ccccc2)C1. The van der Waals surface area contributed by atoms with Crippen LogP contribution >= 0.6 is 0 Å². The van der Waals surface area contributed by atoms with Crippen LogP contribution in [0.2, 0.25) is 0 Å². The number of nitrogens with zero attached hydrogens (tertiary/aromatic N) is 2. The van der Waals surface area contributed by atoms with Gasteiger partial charge in [-0.1, -0.05) is 37.3 Å². The molecule has 1 aliphatic heterocycles. The zero-order chi connectivity index (χ0) is 15.1. The Morgan fingerprint density at radius 1 is 1.38 bits per heavy atom. The van der Waals surface area contributed by atoms with E-state index in [4.69, 9.17) is 0 Å². The highest BCUT2D eigenvalue weighted by Crippen LogP contribution is 2.16. The first-order chi connectivity index (χ1) is 10.2. The molecule has 0 aliphatic carbocycles. The Morgan fingerprint density at radius 2 is 2.14 bits per heavy atom. The Morgan fingerprint density at radius 3 is 2.81 bits per heavy atom. The zero-order valence-corrected chi connectivity index (χ0v) is 12.9. The van der Waals surface area contributed by atoms with Gasteiger partial charge in [-0.05, 0) is 24.3 Å². The van der Waals surface area contributed by atoms with E-state index in [1.54, 1.807) is 0 Å². The molecule has 2 rings (SSSR count). The van der Waals surface area contributed by atoms with Gasteiger partial charge in [0.05, 0.1) is 13.2 Å². The minimum Gasteiger partial charge on any atom is -0.395 e. The number of carbonyl (C=O) groups is 1. The zero-order valence-electron chi connectivity index (χ0n) is 12.9. The van der Waals surface area contributed by atoms with Crippen molar-refractivity contribution in [1.29, 1.82) is 0 Å². The molecule has 1 aliphatic rings. The summed E-state index contributed by atoms with van der Waals surface area (Å²) < 4.78 is 0. The molecule has 1 unspecified atom stereocenters. The maximum absolute atomic E-state index is 12.4. The van der Waals surface area contributed by atoms with Gasteiger partial charge in [0.1, 0.15) is 0 Å². The van der Waals surface area contributed by atoms with Gasteiger partial charge in [-0.15, -0.1) is 0 Å². The number of carbonyl (C=O) groups excluding carboxylic acids is 1. The van der Waals surface area contributed by atoms with Crippen LogP contribution < -0.4 is 0 Å². The Hall–Kier alpha value is -1.39. The van der Waals surface area contributed by atoms with Gasteiger partial charge in [-0.2, -0.15) is 0 Å². The summed E-state index contributed by atoms with van der Waals surface area (Å²) in [5.74, 6) is 0.786. The molecular weight excluding hydrogens is 264 g/mol. The van der Waals surface area contributed by atoms with Crippen molar-refractivity contribution in [3.05, 3.63) is 35.9 Å². The minimum atomic E-state index is 0.0799. The highest BCUT2D eigenvalue weighted by atomic mass is 16.3. The average molecular weight is 290 g/mol. The Balaban J connectivity index is 1.90. The molecule has 0 aromatic heterocycles. The van der Waals surface area contributed by atoms with Gasteiger partial charge in [0, 0.05) is 26.2 Å². The second-order valence-electron chi connectivity index (χ2n) is 6.01. The summed E-state index contributed by atoms with van der Waals surface area (Å²) in [6.07, 6.45) is 2.32. The first-order valence-electron chi connectivity index (χ1n) is 7.84. The molecule has 0 spiro atoms. The van der Waals surface area contributed by atoms with Gasteiger partial charge >= 0.3 is 0 Å². The van der Waals surface area contributed by atoms with E-state index in [2.05, 4.69) is 19.1 Å². The largest absolute Gasteiger partial charge is 0.395 e. The lowest BCUT2D eigenvalue weighted by Crippen LogP contribution is -2.45. The van der Waals surface area contributed by atoms with Crippen LogP contribution in [0.25, 0.3) is 0 Å². The van der Waals surface area contributed by atoms with E-state index in [1.807, 2.05) is 28.0 Å². The lowest BCUT2D eigenvalue weighted by Gasteiger charge is -2.33. The fourth-order valence-corrected chi connectivity index (χ4v) is 2.90. The average Bonchev–Trinajstić information content (AvgIpc) is 2.48. The summed E-state index contributed by atoms with van der Waals surface area (Å²) in [6, 6.07) is 10.1. The quantitative estimate of drug-likeness (QED) is 0.868. The Kier molecular flexibility index (Phi) is 6.21. The topological polar surface area (TPSA) is 43.8 Å². The van der Waals surface area contributed by atoms with Crippen LogP contribution in [-0.4, -0.2) is 53.6 Å². The molecule has 0 bridgehead atoms. The van der Waals surface area contributed by atoms with Gasteiger partial charge in [0.25, 0.3) is 0 Å². The van der Waals surface area contributed by atoms with Crippen molar-refractivity contribution in [2.75, 3.05) is 32.8 Å². The van der Waals surface area contributed by atoms with Crippen LogP contribution in [0.1, 0.15) is 25.3 Å². The van der Waals surface area contributed by atoms with Gasteiger partial charge in [0.15, 0.2) is 0 Å². The van der Waals surface area contributed by atoms with E-state index in [1.165, 1.54) is 12.0 Å². The van der Waals surface area contributed by atoms with Gasteiger partial charge < -0.3 is 10.0 Å². The number of likely N-dealkylation sites (tertiary alicyclic amines) is 1. The number of piperidine rings is 1. The lowest BCUT2D eigenvalue weighted by atomic mass is 10.0. The molecule has 21 heavy (non-hydrogen) atoms. The van der Waals surface area contributed by atoms with E-state index in [-0.39, 0.29) is 12.5 Å². The standard InChI is InChI=1S/C17H26N2O2/c1-15-6-5-9-19(12-15)17(21)14-18(10-11-20)13-16-7-3-2-4-8-16/h2-4,7-8,15,20H,5-6,9-14H2,1H3. The van der Waals surface area contributed by atoms with Crippen molar-refractivity contribution in [3.8, 4) is 0 Å². The third-order valence-electron chi connectivity index (χ3n) is 4.03. The minimum absolute atomic E-state index is 0.0799. The fourth-order valence-electron chi connectivity index (χ4n) is 2.90. The molecule has 1 amide bonds. The number of aliphatic hydroxyl groups is 1. The van der Waals surface area contributed by atoms with Crippen LogP contribution in [0, 0.1) is 5.92 Å². The normalized spacial score (nSPS) is 19.0. The lowest BCUT2D eigenvalue weighted by molar-refractivity contribution is -0.134. The monoisotopic (exact) mass is 290 g/mol. The molecule has 1 fully saturated rings. The molecule has 0 saturated carbocycles. The van der Waals surface area contributed by atoms with Crippen LogP contribution in [0.3, 0.4) is 0 Å². The number of benzene rings is 1. The van der Waals surface area contributed by atoms with Crippen molar-refractivity contribution < 1.29 is 9.90 Å². The second kappa shape index (κ2) is 8.15. The maximum atomic E-state index is 12.4. The van der Waals surface area contributed by atoms with Crippen molar-refractivity contribution in [2.24, 2.45) is 5.92 Å². The first kappa shape index (κ1) is 16.0. The summed E-state index contributed by atoms with van der Waals surface area (Å²) in [5.41, 5.74) is 1.17. The molecular formula is C17H26N2O2. The molecule has 0 radical (unpaired) electrons. The highest BCUT2D eigenvalue weighted by molar-refractivity contribution is 5.78. The van der Waals surface area contributed by atoms with Crippen LogP contribution in [0.4, 0.5) is 0 Å². The highest BCUT2D eigenvalue weighted by Gasteiger charge is 2.22. The van der Waals surface area contributed by atoms with E-state index < -0.39 is 0 Å². The predicted molar refractivity (Wildman–Crippen MR) is 83.8 cm³/mol. The molecule has 1 atom stereocenters. The summed E-state index contributed by atoms with van der Waals surface area (Å²) in [5, 5.41) is 9.21. The third-order valence-corrected chi connectivity index (χ3v) is 4.03. The van der Waals surface area contributed by atoms with E-state index in [0.29, 0.717) is 25.6 Å². The van der Waals surface area contributed by atoms with Crippen molar-refractivity contribution >= 4 is 5.91 Å². The smallest absolute Gasteiger partial charge is 0.236 e. The van der Waals surface area contributed by atoms with Crippen molar-refractivity contribution in [2.45, 2.75) is 26.3 Å². The fraction of sp³-hybridized carbons (Fsp3) is 0.588. The number of hydrogen-bond acceptors (Lipinski definition) is 3. The molecule has 1 saturated heterocycles. The summed E-state index contributed by atoms with van der Waals surface area (Å²) in [4.78, 5) is 16.4. The molecule has 1 aromatic rings. The van der Waals surface area contributed by atoms with Crippen molar-refractivity contribution in [3.63, 3.8) is 0 Å². The van der Waals surface area contributed by atoms with Crippen LogP contribution in [-0.2, 0) is 11.3 Å². The number of rotatable bonds is 6. The van der Waals surface area contributed by atoms with Crippen molar-refractivity contribution in [1.82, 2.24) is 9.80 Å². The first-order valence-corrected chi connectivity index (χ1v) is 7.84. The summed E-state index contributed by atoms with van der Waals surface area (Å²) >= 11 is 0. The number of hydrogen-bond donors (Lipinski definition) is 1. The van der Waals surface area contributed by atoms with Crippen LogP contribution in [0.15, 0.2) is 30.3 Å². The molecule has 1 heterocycles. The summed E-state index contributed by atoms with van der Waals surface area (Å²) in [7, 11) is 0. The van der Waals surface area contributed by atoms with Gasteiger partial charge in [0.2, 0.25) is 5.91 Å². The van der Waals surface area contributed by atoms with E-state index in [9.17, 15) is 9.90 Å². The molecule has 1 aromatic carbocycles. The second-order valence-corrected chi connectivity index (χ2v) is 6.01. The molecule has 4 nitrogen and oxygen atoms in total. The van der Waals surface area contributed by atoms with E-state index >= 15 is 0 Å². The summed E-state index contributed by atoms with van der Waals surface area (Å²) in [6.45, 7) is 5.66. The predicted octanol–water partition coefficient (Wildman–Crippen LogP) is 1.74. The maximum Gasteiger partial charge on any atom is 0.236 e. The van der Waals surface area contributed by atoms with Crippen LogP contribution in [0.5, 0.6) is 0 Å². The molecule has 1 N–H and O–H groups in total.